The second-order valence-corrected chi connectivity index (χ2v) is 5.94. The molecule has 2 amide bonds. The van der Waals surface area contributed by atoms with Crippen molar-refractivity contribution in [2.75, 3.05) is 19.7 Å². The number of nitrogens with two attached hydrogens (primary N) is 1. The Balaban J connectivity index is 2.59. The van der Waals surface area contributed by atoms with Crippen LogP contribution in [0.25, 0.3) is 0 Å². The van der Waals surface area contributed by atoms with Gasteiger partial charge in [0.25, 0.3) is 0 Å². The summed E-state index contributed by atoms with van der Waals surface area (Å²) in [5, 5.41) is 0. The van der Waals surface area contributed by atoms with E-state index in [4.69, 9.17) is 15.2 Å². The van der Waals surface area contributed by atoms with Gasteiger partial charge in [-0.3, -0.25) is 4.79 Å². The number of amides is 2. The highest BCUT2D eigenvalue weighted by molar-refractivity contribution is 5.75. The summed E-state index contributed by atoms with van der Waals surface area (Å²) in [5.74, 6) is -0.497. The van der Waals surface area contributed by atoms with Crippen molar-refractivity contribution in [2.24, 2.45) is 5.73 Å². The van der Waals surface area contributed by atoms with Crippen LogP contribution in [0.1, 0.15) is 40.5 Å². The van der Waals surface area contributed by atoms with Crippen LogP contribution < -0.4 is 5.73 Å². The second-order valence-electron chi connectivity index (χ2n) is 5.94. The third-order valence-corrected chi connectivity index (χ3v) is 3.13. The molecule has 1 unspecified atom stereocenters. The molecule has 0 aliphatic carbocycles. The van der Waals surface area contributed by atoms with Gasteiger partial charge in [-0.1, -0.05) is 6.92 Å². The zero-order valence-electron chi connectivity index (χ0n) is 12.2. The number of nitrogens with zero attached hydrogens (tertiary/aromatic N) is 1. The number of likely N-dealkylation sites (tertiary alicyclic amines) is 1. The van der Waals surface area contributed by atoms with Crippen LogP contribution in [0.4, 0.5) is 4.79 Å². The predicted molar refractivity (Wildman–Crippen MR) is 70.6 cm³/mol. The number of carbonyl (C=O) groups is 2. The highest BCUT2D eigenvalue weighted by atomic mass is 16.6. The quantitative estimate of drug-likeness (QED) is 0.835. The van der Waals surface area contributed by atoms with E-state index in [-0.39, 0.29) is 12.7 Å². The van der Waals surface area contributed by atoms with Crippen molar-refractivity contribution in [3.63, 3.8) is 0 Å². The SMILES string of the molecule is CCC1(OCC(N)=O)CCN(C(=O)OC(C)(C)C)C1. The molecule has 0 saturated carbocycles. The van der Waals surface area contributed by atoms with Crippen LogP contribution in [0.2, 0.25) is 0 Å². The molecule has 110 valence electrons. The average Bonchev–Trinajstić information content (AvgIpc) is 2.69. The lowest BCUT2D eigenvalue weighted by atomic mass is 10.00. The number of hydrogen-bond acceptors (Lipinski definition) is 4. The molecular weight excluding hydrogens is 248 g/mol. The molecule has 0 aromatic heterocycles. The van der Waals surface area contributed by atoms with Crippen molar-refractivity contribution in [1.29, 1.82) is 0 Å². The van der Waals surface area contributed by atoms with E-state index in [9.17, 15) is 9.59 Å². The summed E-state index contributed by atoms with van der Waals surface area (Å²) < 4.78 is 10.9. The fraction of sp³-hybridized carbons (Fsp3) is 0.846. The zero-order chi connectivity index (χ0) is 14.7. The second kappa shape index (κ2) is 5.77. The Labute approximate surface area is 114 Å². The summed E-state index contributed by atoms with van der Waals surface area (Å²) in [6, 6.07) is 0. The molecule has 0 aromatic rings. The fourth-order valence-corrected chi connectivity index (χ4v) is 2.06. The molecule has 1 aliphatic heterocycles. The number of carbonyl (C=O) groups excluding carboxylic acids is 2. The third-order valence-electron chi connectivity index (χ3n) is 3.13. The van der Waals surface area contributed by atoms with Gasteiger partial charge in [0.05, 0.1) is 12.1 Å². The van der Waals surface area contributed by atoms with E-state index in [1.54, 1.807) is 4.90 Å². The van der Waals surface area contributed by atoms with Gasteiger partial charge in [-0.25, -0.2) is 4.79 Å². The lowest BCUT2D eigenvalue weighted by molar-refractivity contribution is -0.129. The lowest BCUT2D eigenvalue weighted by Gasteiger charge is -2.29. The van der Waals surface area contributed by atoms with Crippen molar-refractivity contribution in [2.45, 2.75) is 51.7 Å². The maximum absolute atomic E-state index is 12.0. The fourth-order valence-electron chi connectivity index (χ4n) is 2.06. The van der Waals surface area contributed by atoms with Gasteiger partial charge in [0.1, 0.15) is 12.2 Å². The predicted octanol–water partition coefficient (Wildman–Crippen LogP) is 1.28. The van der Waals surface area contributed by atoms with Gasteiger partial charge in [-0.05, 0) is 33.6 Å². The van der Waals surface area contributed by atoms with Crippen molar-refractivity contribution < 1.29 is 19.1 Å². The van der Waals surface area contributed by atoms with E-state index >= 15 is 0 Å². The smallest absolute Gasteiger partial charge is 0.410 e. The molecule has 1 saturated heterocycles. The Kier molecular flexibility index (Phi) is 4.79. The molecule has 0 bridgehead atoms. The molecule has 1 heterocycles. The van der Waals surface area contributed by atoms with E-state index in [1.165, 1.54) is 0 Å². The number of hydrogen-bond donors (Lipinski definition) is 1. The molecular formula is C13H24N2O4. The minimum absolute atomic E-state index is 0.115. The maximum atomic E-state index is 12.0. The Morgan fingerprint density at radius 3 is 2.47 bits per heavy atom. The Hall–Kier alpha value is -1.30. The average molecular weight is 272 g/mol. The Morgan fingerprint density at radius 1 is 1.37 bits per heavy atom. The monoisotopic (exact) mass is 272 g/mol. The number of primary amides is 1. The molecule has 0 spiro atoms. The van der Waals surface area contributed by atoms with Crippen LogP contribution in [0, 0.1) is 0 Å². The van der Waals surface area contributed by atoms with E-state index in [0.29, 0.717) is 19.5 Å². The Morgan fingerprint density at radius 2 is 2.00 bits per heavy atom. The summed E-state index contributed by atoms with van der Waals surface area (Å²) in [6.45, 7) is 8.36. The number of ether oxygens (including phenoxy) is 2. The molecule has 2 N–H and O–H groups in total. The van der Waals surface area contributed by atoms with Gasteiger partial charge in [0.2, 0.25) is 5.91 Å². The van der Waals surface area contributed by atoms with E-state index in [1.807, 2.05) is 27.7 Å². The molecule has 0 radical (unpaired) electrons. The van der Waals surface area contributed by atoms with Gasteiger partial charge < -0.3 is 20.1 Å². The minimum atomic E-state index is -0.511. The number of rotatable bonds is 4. The summed E-state index contributed by atoms with van der Waals surface area (Å²) in [4.78, 5) is 24.4. The van der Waals surface area contributed by atoms with Crippen LogP contribution >= 0.6 is 0 Å². The molecule has 1 rings (SSSR count). The highest BCUT2D eigenvalue weighted by Crippen LogP contribution is 2.29. The van der Waals surface area contributed by atoms with E-state index < -0.39 is 17.1 Å². The molecule has 19 heavy (non-hydrogen) atoms. The molecule has 1 aliphatic rings. The summed E-state index contributed by atoms with van der Waals surface area (Å²) in [7, 11) is 0. The van der Waals surface area contributed by atoms with Crippen molar-refractivity contribution in [1.82, 2.24) is 4.90 Å². The Bertz CT molecular complexity index is 351. The normalized spacial score (nSPS) is 23.5. The van der Waals surface area contributed by atoms with Crippen LogP contribution in [-0.2, 0) is 14.3 Å². The first-order valence-corrected chi connectivity index (χ1v) is 6.58. The topological polar surface area (TPSA) is 81.9 Å². The first-order chi connectivity index (χ1) is 8.67. The largest absolute Gasteiger partial charge is 0.444 e. The molecule has 6 nitrogen and oxygen atoms in total. The summed E-state index contributed by atoms with van der Waals surface area (Å²) in [5.41, 5.74) is 4.10. The van der Waals surface area contributed by atoms with Gasteiger partial charge in [-0.2, -0.15) is 0 Å². The van der Waals surface area contributed by atoms with Gasteiger partial charge in [-0.15, -0.1) is 0 Å². The lowest BCUT2D eigenvalue weighted by Crippen LogP contribution is -2.41. The van der Waals surface area contributed by atoms with Crippen LogP contribution in [0.5, 0.6) is 0 Å². The maximum Gasteiger partial charge on any atom is 0.410 e. The van der Waals surface area contributed by atoms with Crippen LogP contribution in [0.15, 0.2) is 0 Å². The molecule has 6 heteroatoms. The van der Waals surface area contributed by atoms with Gasteiger partial charge in [0.15, 0.2) is 0 Å². The van der Waals surface area contributed by atoms with E-state index in [0.717, 1.165) is 6.42 Å². The molecule has 1 atom stereocenters. The highest BCUT2D eigenvalue weighted by Gasteiger charge is 2.41. The van der Waals surface area contributed by atoms with Crippen molar-refractivity contribution in [3.05, 3.63) is 0 Å². The van der Waals surface area contributed by atoms with Gasteiger partial charge >= 0.3 is 6.09 Å². The zero-order valence-corrected chi connectivity index (χ0v) is 12.2. The van der Waals surface area contributed by atoms with Crippen LogP contribution in [-0.4, -0.2) is 47.8 Å². The standard InChI is InChI=1S/C13H24N2O4/c1-5-13(18-8-10(14)16)6-7-15(9-13)11(17)19-12(2,3)4/h5-9H2,1-4H3,(H2,14,16). The first kappa shape index (κ1) is 15.8. The third kappa shape index (κ3) is 4.70. The molecule has 1 fully saturated rings. The summed E-state index contributed by atoms with van der Waals surface area (Å²) >= 11 is 0. The van der Waals surface area contributed by atoms with Crippen molar-refractivity contribution >= 4 is 12.0 Å². The summed E-state index contributed by atoms with van der Waals surface area (Å²) in [6.07, 6.45) is 1.07. The minimum Gasteiger partial charge on any atom is -0.444 e. The molecule has 0 aromatic carbocycles. The van der Waals surface area contributed by atoms with Crippen LogP contribution in [0.3, 0.4) is 0 Å². The van der Waals surface area contributed by atoms with E-state index in [2.05, 4.69) is 0 Å². The first-order valence-electron chi connectivity index (χ1n) is 6.58. The van der Waals surface area contributed by atoms with Crippen molar-refractivity contribution in [3.8, 4) is 0 Å². The van der Waals surface area contributed by atoms with Gasteiger partial charge in [0, 0.05) is 6.54 Å².